The normalized spacial score (nSPS) is 21.3. The second-order valence-electron chi connectivity index (χ2n) is 5.87. The number of nitrogens with zero attached hydrogens (tertiary/aromatic N) is 2. The molecule has 0 radical (unpaired) electrons. The number of rotatable bonds is 5. The van der Waals surface area contributed by atoms with Gasteiger partial charge in [0.2, 0.25) is 0 Å². The number of aliphatic hydroxyl groups excluding tert-OH is 1. The van der Waals surface area contributed by atoms with E-state index < -0.39 is 0 Å². The van der Waals surface area contributed by atoms with E-state index >= 15 is 0 Å². The highest BCUT2D eigenvalue weighted by Crippen LogP contribution is 2.17. The number of halogens is 1. The molecule has 1 aromatic heterocycles. The van der Waals surface area contributed by atoms with E-state index in [1.165, 1.54) is 0 Å². The zero-order chi connectivity index (χ0) is 16.1. The van der Waals surface area contributed by atoms with Gasteiger partial charge in [-0.05, 0) is 43.1 Å². The number of aliphatic hydroxyl groups is 1. The molecule has 3 N–H and O–H groups in total. The first kappa shape index (κ1) is 16.3. The Labute approximate surface area is 141 Å². The molecule has 2 atom stereocenters. The fourth-order valence-electron chi connectivity index (χ4n) is 2.73. The van der Waals surface area contributed by atoms with Crippen molar-refractivity contribution in [3.63, 3.8) is 0 Å². The SMILES string of the molecule is O[C@@H]1CNCC[C@H]1CNCc1cnc(-c2ccc(Cl)cc2)nc1. The molecule has 1 aromatic carbocycles. The second-order valence-corrected chi connectivity index (χ2v) is 6.31. The molecule has 0 bridgehead atoms. The highest BCUT2D eigenvalue weighted by molar-refractivity contribution is 6.30. The van der Waals surface area contributed by atoms with Gasteiger partial charge in [-0.25, -0.2) is 9.97 Å². The van der Waals surface area contributed by atoms with E-state index in [4.69, 9.17) is 11.6 Å². The van der Waals surface area contributed by atoms with Gasteiger partial charge >= 0.3 is 0 Å². The number of benzene rings is 1. The second kappa shape index (κ2) is 7.84. The summed E-state index contributed by atoms with van der Waals surface area (Å²) >= 11 is 5.89. The van der Waals surface area contributed by atoms with Gasteiger partial charge in [-0.3, -0.25) is 0 Å². The van der Waals surface area contributed by atoms with E-state index in [0.717, 1.165) is 30.6 Å². The summed E-state index contributed by atoms with van der Waals surface area (Å²) in [5.41, 5.74) is 1.98. The van der Waals surface area contributed by atoms with Gasteiger partial charge in [0, 0.05) is 48.2 Å². The zero-order valence-electron chi connectivity index (χ0n) is 12.9. The van der Waals surface area contributed by atoms with Gasteiger partial charge in [0.05, 0.1) is 6.10 Å². The van der Waals surface area contributed by atoms with Crippen LogP contribution in [0.3, 0.4) is 0 Å². The maximum absolute atomic E-state index is 9.91. The van der Waals surface area contributed by atoms with Crippen LogP contribution in [0, 0.1) is 5.92 Å². The standard InChI is InChI=1S/C17H21ClN4O/c18-15-3-1-13(2-4-15)17-21-8-12(9-22-17)7-20-10-14-5-6-19-11-16(14)23/h1-4,8-9,14,16,19-20,23H,5-7,10-11H2/t14-,16+/m0/s1. The molecule has 122 valence electrons. The molecule has 2 heterocycles. The lowest BCUT2D eigenvalue weighted by molar-refractivity contribution is 0.0813. The van der Waals surface area contributed by atoms with Crippen LogP contribution in [0.25, 0.3) is 11.4 Å². The molecule has 23 heavy (non-hydrogen) atoms. The summed E-state index contributed by atoms with van der Waals surface area (Å²) in [7, 11) is 0. The van der Waals surface area contributed by atoms with E-state index in [-0.39, 0.29) is 6.10 Å². The Hall–Kier alpha value is -1.53. The highest BCUT2D eigenvalue weighted by Gasteiger charge is 2.21. The number of hydrogen-bond donors (Lipinski definition) is 3. The van der Waals surface area contributed by atoms with E-state index in [2.05, 4.69) is 20.6 Å². The lowest BCUT2D eigenvalue weighted by Crippen LogP contribution is -2.44. The van der Waals surface area contributed by atoms with Gasteiger partial charge in [-0.15, -0.1) is 0 Å². The summed E-state index contributed by atoms with van der Waals surface area (Å²) in [5.74, 6) is 1.00. The van der Waals surface area contributed by atoms with Crippen molar-refractivity contribution in [2.45, 2.75) is 19.1 Å². The summed E-state index contributed by atoms with van der Waals surface area (Å²) in [6, 6.07) is 7.49. The maximum Gasteiger partial charge on any atom is 0.159 e. The van der Waals surface area contributed by atoms with Crippen LogP contribution in [0.2, 0.25) is 5.02 Å². The summed E-state index contributed by atoms with van der Waals surface area (Å²) < 4.78 is 0. The molecule has 2 aromatic rings. The fraction of sp³-hybridized carbons (Fsp3) is 0.412. The van der Waals surface area contributed by atoms with Crippen LogP contribution in [0.15, 0.2) is 36.7 Å². The van der Waals surface area contributed by atoms with Crippen LogP contribution >= 0.6 is 11.6 Å². The van der Waals surface area contributed by atoms with Crippen LogP contribution in [0.4, 0.5) is 0 Å². The first-order valence-electron chi connectivity index (χ1n) is 7.89. The average Bonchev–Trinajstić information content (AvgIpc) is 2.58. The molecule has 0 spiro atoms. The van der Waals surface area contributed by atoms with Crippen LogP contribution < -0.4 is 10.6 Å². The molecule has 1 fully saturated rings. The number of nitrogens with one attached hydrogen (secondary N) is 2. The van der Waals surface area contributed by atoms with Gasteiger partial charge in [0.25, 0.3) is 0 Å². The predicted octanol–water partition coefficient (Wildman–Crippen LogP) is 1.86. The molecular weight excluding hydrogens is 312 g/mol. The largest absolute Gasteiger partial charge is 0.391 e. The topological polar surface area (TPSA) is 70.1 Å². The third-order valence-corrected chi connectivity index (χ3v) is 4.38. The Bertz CT molecular complexity index is 617. The van der Waals surface area contributed by atoms with Gasteiger partial charge in [0.15, 0.2) is 5.82 Å². The lowest BCUT2D eigenvalue weighted by atomic mass is 9.95. The van der Waals surface area contributed by atoms with Gasteiger partial charge in [-0.2, -0.15) is 0 Å². The molecule has 0 aliphatic carbocycles. The Kier molecular flexibility index (Phi) is 5.56. The Balaban J connectivity index is 1.52. The number of piperidine rings is 1. The lowest BCUT2D eigenvalue weighted by Gasteiger charge is -2.28. The summed E-state index contributed by atoms with van der Waals surface area (Å²) in [6.07, 6.45) is 4.41. The molecular formula is C17H21ClN4O. The smallest absolute Gasteiger partial charge is 0.159 e. The van der Waals surface area contributed by atoms with Crippen molar-refractivity contribution in [3.05, 3.63) is 47.2 Å². The number of hydrogen-bond acceptors (Lipinski definition) is 5. The van der Waals surface area contributed by atoms with Crippen molar-refractivity contribution < 1.29 is 5.11 Å². The number of β-amino-alcohol motifs (C(OH)–C–C–N with tert-alkyl or cyclic N) is 1. The Morgan fingerprint density at radius 2 is 1.96 bits per heavy atom. The van der Waals surface area contributed by atoms with Crippen molar-refractivity contribution in [2.24, 2.45) is 5.92 Å². The zero-order valence-corrected chi connectivity index (χ0v) is 13.6. The molecule has 1 aliphatic heterocycles. The minimum Gasteiger partial charge on any atom is -0.391 e. The monoisotopic (exact) mass is 332 g/mol. The summed E-state index contributed by atoms with van der Waals surface area (Å²) in [6.45, 7) is 3.17. The van der Waals surface area contributed by atoms with E-state index in [1.807, 2.05) is 36.7 Å². The van der Waals surface area contributed by atoms with Crippen molar-refractivity contribution in [1.29, 1.82) is 0 Å². The summed E-state index contributed by atoms with van der Waals surface area (Å²) in [4.78, 5) is 8.81. The van der Waals surface area contributed by atoms with Crippen molar-refractivity contribution >= 4 is 11.6 Å². The average molecular weight is 333 g/mol. The molecule has 1 aliphatic rings. The quantitative estimate of drug-likeness (QED) is 0.779. The fourth-order valence-corrected chi connectivity index (χ4v) is 2.86. The van der Waals surface area contributed by atoms with Gasteiger partial charge in [-0.1, -0.05) is 11.6 Å². The third-order valence-electron chi connectivity index (χ3n) is 4.13. The molecule has 5 nitrogen and oxygen atoms in total. The van der Waals surface area contributed by atoms with E-state index in [9.17, 15) is 5.11 Å². The third kappa shape index (κ3) is 4.48. The molecule has 3 rings (SSSR count). The minimum atomic E-state index is -0.264. The molecule has 1 saturated heterocycles. The first-order chi connectivity index (χ1) is 11.2. The predicted molar refractivity (Wildman–Crippen MR) is 91.2 cm³/mol. The minimum absolute atomic E-state index is 0.264. The highest BCUT2D eigenvalue weighted by atomic mass is 35.5. The molecule has 0 unspecified atom stereocenters. The molecule has 0 saturated carbocycles. The molecule has 0 amide bonds. The van der Waals surface area contributed by atoms with Crippen LogP contribution in [0.1, 0.15) is 12.0 Å². The van der Waals surface area contributed by atoms with Crippen molar-refractivity contribution in [1.82, 2.24) is 20.6 Å². The Morgan fingerprint density at radius 3 is 2.65 bits per heavy atom. The Morgan fingerprint density at radius 1 is 1.22 bits per heavy atom. The van der Waals surface area contributed by atoms with E-state index in [0.29, 0.717) is 29.9 Å². The van der Waals surface area contributed by atoms with Crippen molar-refractivity contribution in [2.75, 3.05) is 19.6 Å². The van der Waals surface area contributed by atoms with E-state index in [1.54, 1.807) is 0 Å². The molecule has 6 heteroatoms. The van der Waals surface area contributed by atoms with Crippen LogP contribution in [0.5, 0.6) is 0 Å². The van der Waals surface area contributed by atoms with Gasteiger partial charge in [0.1, 0.15) is 0 Å². The van der Waals surface area contributed by atoms with Crippen LogP contribution in [-0.2, 0) is 6.54 Å². The first-order valence-corrected chi connectivity index (χ1v) is 8.26. The summed E-state index contributed by atoms with van der Waals surface area (Å²) in [5, 5.41) is 17.2. The number of aromatic nitrogens is 2. The van der Waals surface area contributed by atoms with Crippen LogP contribution in [-0.4, -0.2) is 40.8 Å². The maximum atomic E-state index is 9.91. The van der Waals surface area contributed by atoms with Crippen molar-refractivity contribution in [3.8, 4) is 11.4 Å². The van der Waals surface area contributed by atoms with Gasteiger partial charge < -0.3 is 15.7 Å².